The second kappa shape index (κ2) is 7.77. The lowest BCUT2D eigenvalue weighted by Crippen LogP contribution is -2.26. The van der Waals surface area contributed by atoms with Gasteiger partial charge < -0.3 is 10.6 Å². The van der Waals surface area contributed by atoms with Gasteiger partial charge in [0.15, 0.2) is 0 Å². The van der Waals surface area contributed by atoms with Crippen molar-refractivity contribution in [2.75, 3.05) is 5.32 Å². The van der Waals surface area contributed by atoms with Crippen LogP contribution < -0.4 is 10.6 Å². The first-order chi connectivity index (χ1) is 13.6. The summed E-state index contributed by atoms with van der Waals surface area (Å²) >= 11 is 6.08. The first-order valence-corrected chi connectivity index (χ1v) is 9.21. The van der Waals surface area contributed by atoms with Gasteiger partial charge in [-0.05, 0) is 54.0 Å². The van der Waals surface area contributed by atoms with E-state index >= 15 is 0 Å². The van der Waals surface area contributed by atoms with E-state index in [1.807, 2.05) is 18.2 Å². The van der Waals surface area contributed by atoms with Crippen LogP contribution in [-0.2, 0) is 11.2 Å². The van der Waals surface area contributed by atoms with E-state index < -0.39 is 0 Å². The van der Waals surface area contributed by atoms with E-state index in [0.717, 1.165) is 18.4 Å². The van der Waals surface area contributed by atoms with Crippen LogP contribution >= 0.6 is 11.6 Å². The van der Waals surface area contributed by atoms with E-state index in [9.17, 15) is 9.59 Å². The SMILES string of the molecule is O=C(Cc1ccccc1Cl)Nc1ccc(-n2nnc(C(=O)NC3CC3)n2)cc1. The van der Waals surface area contributed by atoms with Gasteiger partial charge in [0, 0.05) is 16.8 Å². The monoisotopic (exact) mass is 396 g/mol. The molecule has 1 fully saturated rings. The molecule has 4 rings (SSSR count). The highest BCUT2D eigenvalue weighted by atomic mass is 35.5. The van der Waals surface area contributed by atoms with Crippen LogP contribution in [0.25, 0.3) is 5.69 Å². The Morgan fingerprint density at radius 3 is 2.57 bits per heavy atom. The summed E-state index contributed by atoms with van der Waals surface area (Å²) in [5.41, 5.74) is 2.02. The summed E-state index contributed by atoms with van der Waals surface area (Å²) in [6.07, 6.45) is 2.17. The Balaban J connectivity index is 1.38. The van der Waals surface area contributed by atoms with E-state index in [4.69, 9.17) is 11.6 Å². The van der Waals surface area contributed by atoms with E-state index in [2.05, 4.69) is 26.0 Å². The van der Waals surface area contributed by atoms with Crippen molar-refractivity contribution < 1.29 is 9.59 Å². The minimum atomic E-state index is -0.322. The molecule has 0 aliphatic heterocycles. The first kappa shape index (κ1) is 18.1. The number of hydrogen-bond acceptors (Lipinski definition) is 5. The fourth-order valence-electron chi connectivity index (χ4n) is 2.59. The van der Waals surface area contributed by atoms with Crippen molar-refractivity contribution in [2.24, 2.45) is 0 Å². The summed E-state index contributed by atoms with van der Waals surface area (Å²) < 4.78 is 0. The Morgan fingerprint density at radius 1 is 1.11 bits per heavy atom. The number of aromatic nitrogens is 4. The quantitative estimate of drug-likeness (QED) is 0.666. The molecular weight excluding hydrogens is 380 g/mol. The minimum Gasteiger partial charge on any atom is -0.346 e. The fraction of sp³-hybridized carbons (Fsp3) is 0.211. The molecule has 1 saturated carbocycles. The van der Waals surface area contributed by atoms with Crippen LogP contribution in [0.1, 0.15) is 29.0 Å². The van der Waals surface area contributed by atoms with Gasteiger partial charge in [-0.3, -0.25) is 9.59 Å². The lowest BCUT2D eigenvalue weighted by atomic mass is 10.1. The molecule has 8 nitrogen and oxygen atoms in total. The van der Waals surface area contributed by atoms with Gasteiger partial charge in [0.05, 0.1) is 12.1 Å². The molecule has 1 heterocycles. The number of anilines is 1. The largest absolute Gasteiger partial charge is 0.346 e. The fourth-order valence-corrected chi connectivity index (χ4v) is 2.79. The molecule has 3 aromatic rings. The number of amides is 2. The number of carbonyl (C=O) groups excluding carboxylic acids is 2. The number of nitrogens with one attached hydrogen (secondary N) is 2. The normalized spacial score (nSPS) is 13.2. The third-order valence-electron chi connectivity index (χ3n) is 4.22. The summed E-state index contributed by atoms with van der Waals surface area (Å²) in [5.74, 6) is -0.458. The van der Waals surface area contributed by atoms with Crippen molar-refractivity contribution >= 4 is 29.1 Å². The lowest BCUT2D eigenvalue weighted by Gasteiger charge is -2.07. The van der Waals surface area contributed by atoms with Crippen molar-refractivity contribution in [3.05, 3.63) is 64.9 Å². The summed E-state index contributed by atoms with van der Waals surface area (Å²) in [6, 6.07) is 14.4. The van der Waals surface area contributed by atoms with Crippen molar-refractivity contribution in [2.45, 2.75) is 25.3 Å². The Labute approximate surface area is 165 Å². The van der Waals surface area contributed by atoms with Crippen LogP contribution in [0.3, 0.4) is 0 Å². The Bertz CT molecular complexity index is 1010. The molecule has 1 aliphatic rings. The molecule has 28 heavy (non-hydrogen) atoms. The average molecular weight is 397 g/mol. The number of hydrogen-bond donors (Lipinski definition) is 2. The number of halogens is 1. The molecule has 0 unspecified atom stereocenters. The van der Waals surface area contributed by atoms with E-state index in [0.29, 0.717) is 16.4 Å². The van der Waals surface area contributed by atoms with Crippen LogP contribution in [-0.4, -0.2) is 38.1 Å². The molecule has 0 atom stereocenters. The van der Waals surface area contributed by atoms with Crippen LogP contribution in [0, 0.1) is 0 Å². The third-order valence-corrected chi connectivity index (χ3v) is 4.59. The molecule has 1 aliphatic carbocycles. The molecule has 2 amide bonds. The van der Waals surface area contributed by atoms with E-state index in [1.54, 1.807) is 30.3 Å². The molecule has 2 aromatic carbocycles. The van der Waals surface area contributed by atoms with E-state index in [1.165, 1.54) is 4.80 Å². The number of carbonyl (C=O) groups is 2. The molecular formula is C19H17ClN6O2. The zero-order valence-corrected chi connectivity index (χ0v) is 15.6. The predicted octanol–water partition coefficient (Wildman–Crippen LogP) is 2.39. The molecule has 2 N–H and O–H groups in total. The third kappa shape index (κ3) is 4.34. The summed E-state index contributed by atoms with van der Waals surface area (Å²) in [6.45, 7) is 0. The van der Waals surface area contributed by atoms with Crippen molar-refractivity contribution in [1.82, 2.24) is 25.5 Å². The minimum absolute atomic E-state index is 0.0315. The number of benzene rings is 2. The van der Waals surface area contributed by atoms with Crippen LogP contribution in [0.5, 0.6) is 0 Å². The maximum absolute atomic E-state index is 12.2. The molecule has 142 valence electrons. The van der Waals surface area contributed by atoms with Gasteiger partial charge in [0.2, 0.25) is 5.91 Å². The number of rotatable bonds is 6. The highest BCUT2D eigenvalue weighted by Crippen LogP contribution is 2.19. The van der Waals surface area contributed by atoms with Crippen molar-refractivity contribution in [3.63, 3.8) is 0 Å². The zero-order chi connectivity index (χ0) is 19.5. The van der Waals surface area contributed by atoms with Gasteiger partial charge >= 0.3 is 0 Å². The molecule has 0 spiro atoms. The highest BCUT2D eigenvalue weighted by Gasteiger charge is 2.25. The molecule has 0 radical (unpaired) electrons. The van der Waals surface area contributed by atoms with Gasteiger partial charge in [-0.15, -0.1) is 15.0 Å². The Kier molecular flexibility index (Phi) is 5.03. The average Bonchev–Trinajstić information content (AvgIpc) is 3.36. The van der Waals surface area contributed by atoms with E-state index in [-0.39, 0.29) is 30.1 Å². The molecule has 9 heteroatoms. The lowest BCUT2D eigenvalue weighted by molar-refractivity contribution is -0.115. The number of nitrogens with zero attached hydrogens (tertiary/aromatic N) is 4. The second-order valence-corrected chi connectivity index (χ2v) is 6.92. The van der Waals surface area contributed by atoms with Crippen molar-refractivity contribution in [1.29, 1.82) is 0 Å². The zero-order valence-electron chi connectivity index (χ0n) is 14.8. The van der Waals surface area contributed by atoms with Gasteiger partial charge in [-0.25, -0.2) is 0 Å². The van der Waals surface area contributed by atoms with Gasteiger partial charge in [-0.1, -0.05) is 29.8 Å². The molecule has 1 aromatic heterocycles. The molecule has 0 bridgehead atoms. The molecule has 0 saturated heterocycles. The van der Waals surface area contributed by atoms with Crippen molar-refractivity contribution in [3.8, 4) is 5.69 Å². The maximum atomic E-state index is 12.2. The van der Waals surface area contributed by atoms with Gasteiger partial charge in [0.25, 0.3) is 11.7 Å². The highest BCUT2D eigenvalue weighted by molar-refractivity contribution is 6.31. The summed E-state index contributed by atoms with van der Waals surface area (Å²) in [4.78, 5) is 25.4. The van der Waals surface area contributed by atoms with Crippen LogP contribution in [0.4, 0.5) is 5.69 Å². The van der Waals surface area contributed by atoms with Gasteiger partial charge in [0.1, 0.15) is 0 Å². The standard InChI is InChI=1S/C19H17ClN6O2/c20-16-4-2-1-3-12(16)11-17(27)21-13-7-9-15(10-8-13)26-24-18(23-25-26)19(28)22-14-5-6-14/h1-4,7-10,14H,5-6,11H2,(H,21,27)(H,22,28). The smallest absolute Gasteiger partial charge is 0.293 e. The van der Waals surface area contributed by atoms with Gasteiger partial charge in [-0.2, -0.15) is 0 Å². The van der Waals surface area contributed by atoms with Crippen LogP contribution in [0.15, 0.2) is 48.5 Å². The Hall–Kier alpha value is -3.26. The van der Waals surface area contributed by atoms with Crippen LogP contribution in [0.2, 0.25) is 5.02 Å². The maximum Gasteiger partial charge on any atom is 0.293 e. The summed E-state index contributed by atoms with van der Waals surface area (Å²) in [7, 11) is 0. The number of tetrazole rings is 1. The Morgan fingerprint density at radius 2 is 1.86 bits per heavy atom. The second-order valence-electron chi connectivity index (χ2n) is 6.51. The predicted molar refractivity (Wildman–Crippen MR) is 103 cm³/mol. The topological polar surface area (TPSA) is 102 Å². The first-order valence-electron chi connectivity index (χ1n) is 8.83. The summed E-state index contributed by atoms with van der Waals surface area (Å²) in [5, 5.41) is 18.0.